The molecule has 2 fully saturated rings. The predicted octanol–water partition coefficient (Wildman–Crippen LogP) is 4.66. The highest BCUT2D eigenvalue weighted by Crippen LogP contribution is 2.56. The quantitative estimate of drug-likeness (QED) is 0.312. The van der Waals surface area contributed by atoms with Gasteiger partial charge >= 0.3 is 11.9 Å². The Balaban J connectivity index is 2.69. The Hall–Kier alpha value is -0.786. The van der Waals surface area contributed by atoms with Crippen molar-refractivity contribution in [3.05, 3.63) is 0 Å². The summed E-state index contributed by atoms with van der Waals surface area (Å²) in [7, 11) is -2.24. The molecule has 1 N–H and O–H groups in total. The van der Waals surface area contributed by atoms with Crippen molar-refractivity contribution in [3.8, 4) is 0 Å². The lowest BCUT2D eigenvalue weighted by molar-refractivity contribution is -0.170. The van der Waals surface area contributed by atoms with Crippen LogP contribution in [0.3, 0.4) is 0 Å². The third-order valence-corrected chi connectivity index (χ3v) is 19.6. The summed E-state index contributed by atoms with van der Waals surface area (Å²) in [5.74, 6) is -3.22. The summed E-state index contributed by atoms with van der Waals surface area (Å²) >= 11 is 0. The van der Waals surface area contributed by atoms with Gasteiger partial charge in [0, 0.05) is 0 Å². The lowest BCUT2D eigenvalue weighted by atomic mass is 9.69. The van der Waals surface area contributed by atoms with E-state index in [1.54, 1.807) is 0 Å². The van der Waals surface area contributed by atoms with Crippen molar-refractivity contribution in [2.45, 2.75) is 121 Å². The first kappa shape index (κ1) is 31.4. The summed E-state index contributed by atoms with van der Waals surface area (Å²) in [4.78, 5) is 26.2. The van der Waals surface area contributed by atoms with Crippen LogP contribution in [0.15, 0.2) is 0 Å². The highest BCUT2D eigenvalue weighted by atomic mass is 28.4. The van der Waals surface area contributed by atoms with Crippen LogP contribution in [0.1, 0.15) is 62.3 Å². The van der Waals surface area contributed by atoms with Gasteiger partial charge in [-0.1, -0.05) is 62.3 Å². The van der Waals surface area contributed by atoms with Crippen LogP contribution in [0.4, 0.5) is 0 Å². The fourth-order valence-corrected chi connectivity index (χ4v) is 13.2. The summed E-state index contributed by atoms with van der Waals surface area (Å²) in [6.07, 6.45) is -2.90. The Morgan fingerprint density at radius 2 is 1.42 bits per heavy atom. The number of fused-ring (bicyclic) bond motifs is 2. The van der Waals surface area contributed by atoms with E-state index in [2.05, 4.69) is 75.4 Å². The molecule has 10 heteroatoms. The molecule has 0 aromatic carbocycles. The van der Waals surface area contributed by atoms with Crippen LogP contribution in [-0.2, 0) is 32.7 Å². The average Bonchev–Trinajstić information content (AvgIpc) is 3.22. The normalized spacial score (nSPS) is 31.0. The van der Waals surface area contributed by atoms with Gasteiger partial charge < -0.3 is 28.2 Å². The molecule has 2 rings (SSSR count). The molecule has 2 aliphatic rings. The largest absolute Gasteiger partial charge is 0.469 e. The highest BCUT2D eigenvalue weighted by molar-refractivity contribution is 6.77. The Bertz CT molecular complexity index is 784. The number of aliphatic hydroxyl groups is 1. The van der Waals surface area contributed by atoms with Crippen molar-refractivity contribution in [3.63, 3.8) is 0 Å². The fourth-order valence-electron chi connectivity index (χ4n) is 6.37. The molecule has 8 nitrogen and oxygen atoms in total. The van der Waals surface area contributed by atoms with E-state index in [4.69, 9.17) is 23.1 Å². The number of carbonyl (C=O) groups is 2. The first-order valence-electron chi connectivity index (χ1n) is 13.2. The van der Waals surface area contributed by atoms with Gasteiger partial charge in [0.1, 0.15) is 35.7 Å². The van der Waals surface area contributed by atoms with Gasteiger partial charge in [-0.25, -0.2) is 0 Å². The standard InChI is InChI=1S/C26H50O8Si2/c1-15(2)36(16(3)4,17(5)6)32-14-26-19(24(29)31-11)18(23(28)30-10)21(33-26)20(27)22(26)34-35(12,13)25(7,8)9/h15-22,27H,14H2,1-13H3/t18-,19-,20-,21-,22-,26+/m0/s1. The summed E-state index contributed by atoms with van der Waals surface area (Å²) in [5, 5.41) is 11.3. The molecule has 210 valence electrons. The predicted molar refractivity (Wildman–Crippen MR) is 144 cm³/mol. The van der Waals surface area contributed by atoms with E-state index in [1.807, 2.05) is 0 Å². The van der Waals surface area contributed by atoms with Crippen LogP contribution in [0.25, 0.3) is 0 Å². The van der Waals surface area contributed by atoms with E-state index in [1.165, 1.54) is 14.2 Å². The Morgan fingerprint density at radius 3 is 1.81 bits per heavy atom. The van der Waals surface area contributed by atoms with Gasteiger partial charge in [-0.15, -0.1) is 0 Å². The molecule has 2 aliphatic heterocycles. The van der Waals surface area contributed by atoms with E-state index in [0.717, 1.165) is 0 Å². The van der Waals surface area contributed by atoms with Gasteiger partial charge in [-0.3, -0.25) is 9.59 Å². The number of rotatable bonds is 10. The van der Waals surface area contributed by atoms with E-state index in [-0.39, 0.29) is 11.6 Å². The van der Waals surface area contributed by atoms with E-state index in [9.17, 15) is 14.7 Å². The SMILES string of the molecule is COC(=O)[C@@H]1[C@@H]2O[C@](CO[Si](C(C)C)(C(C)C)C(C)C)([C@@H]1C(=O)OC)[C@@H](O[Si](C)(C)C(C)(C)C)[C@H]2O. The van der Waals surface area contributed by atoms with E-state index < -0.39 is 64.3 Å². The molecule has 0 spiro atoms. The molecule has 2 heterocycles. The molecule has 0 saturated carbocycles. The molecule has 0 amide bonds. The number of esters is 2. The lowest BCUT2D eigenvalue weighted by Crippen LogP contribution is -2.65. The summed E-state index contributed by atoms with van der Waals surface area (Å²) in [5.41, 5.74) is -0.483. The Morgan fingerprint density at radius 1 is 0.944 bits per heavy atom. The Labute approximate surface area is 220 Å². The van der Waals surface area contributed by atoms with Crippen molar-refractivity contribution in [2.75, 3.05) is 20.8 Å². The van der Waals surface area contributed by atoms with Crippen molar-refractivity contribution in [2.24, 2.45) is 11.8 Å². The zero-order valence-electron chi connectivity index (χ0n) is 24.6. The highest BCUT2D eigenvalue weighted by Gasteiger charge is 2.75. The summed E-state index contributed by atoms with van der Waals surface area (Å²) < 4.78 is 30.5. The molecule has 0 aromatic rings. The second-order valence-corrected chi connectivity index (χ2v) is 23.2. The number of methoxy groups -OCH3 is 2. The van der Waals surface area contributed by atoms with Crippen LogP contribution in [0.5, 0.6) is 0 Å². The monoisotopic (exact) mass is 546 g/mol. The molecule has 36 heavy (non-hydrogen) atoms. The van der Waals surface area contributed by atoms with Gasteiger partial charge in [0.15, 0.2) is 16.6 Å². The number of ether oxygens (including phenoxy) is 3. The number of hydrogen-bond donors (Lipinski definition) is 1. The van der Waals surface area contributed by atoms with Crippen LogP contribution < -0.4 is 0 Å². The minimum absolute atomic E-state index is 0.0356. The molecule has 2 saturated heterocycles. The van der Waals surface area contributed by atoms with Crippen molar-refractivity contribution >= 4 is 28.6 Å². The maximum absolute atomic E-state index is 13.3. The van der Waals surface area contributed by atoms with Gasteiger partial charge in [-0.05, 0) is 34.8 Å². The third kappa shape index (κ3) is 4.98. The zero-order valence-corrected chi connectivity index (χ0v) is 26.6. The maximum atomic E-state index is 13.3. The molecule has 0 aromatic heterocycles. The van der Waals surface area contributed by atoms with Crippen molar-refractivity contribution < 1.29 is 37.8 Å². The van der Waals surface area contributed by atoms with Crippen LogP contribution in [0, 0.1) is 11.8 Å². The van der Waals surface area contributed by atoms with Crippen molar-refractivity contribution in [1.82, 2.24) is 0 Å². The van der Waals surface area contributed by atoms with Crippen LogP contribution in [-0.4, -0.2) is 78.4 Å². The number of hydrogen-bond acceptors (Lipinski definition) is 8. The van der Waals surface area contributed by atoms with Gasteiger partial charge in [-0.2, -0.15) is 0 Å². The minimum atomic E-state index is -2.42. The van der Waals surface area contributed by atoms with Gasteiger partial charge in [0.25, 0.3) is 0 Å². The lowest BCUT2D eigenvalue weighted by Gasteiger charge is -2.49. The summed E-state index contributed by atoms with van der Waals surface area (Å²) in [6.45, 7) is 23.7. The fraction of sp³-hybridized carbons (Fsp3) is 0.923. The second-order valence-electron chi connectivity index (χ2n) is 13.0. The third-order valence-electron chi connectivity index (χ3n) is 9.13. The molecule has 6 atom stereocenters. The molecular formula is C26H50O8Si2. The average molecular weight is 547 g/mol. The van der Waals surface area contributed by atoms with Crippen molar-refractivity contribution in [1.29, 1.82) is 0 Å². The first-order chi connectivity index (χ1) is 16.4. The van der Waals surface area contributed by atoms with E-state index in [0.29, 0.717) is 16.6 Å². The van der Waals surface area contributed by atoms with Crippen LogP contribution >= 0.6 is 0 Å². The van der Waals surface area contributed by atoms with Gasteiger partial charge in [0.05, 0.1) is 20.8 Å². The topological polar surface area (TPSA) is 101 Å². The molecular weight excluding hydrogens is 496 g/mol. The molecule has 0 aliphatic carbocycles. The molecule has 0 unspecified atom stereocenters. The van der Waals surface area contributed by atoms with Crippen LogP contribution in [0.2, 0.25) is 34.8 Å². The van der Waals surface area contributed by atoms with E-state index >= 15 is 0 Å². The minimum Gasteiger partial charge on any atom is -0.469 e. The molecule has 2 bridgehead atoms. The first-order valence-corrected chi connectivity index (χ1v) is 18.2. The maximum Gasteiger partial charge on any atom is 0.312 e. The Kier molecular flexibility index (Phi) is 9.40. The van der Waals surface area contributed by atoms with Gasteiger partial charge in [0.2, 0.25) is 0 Å². The smallest absolute Gasteiger partial charge is 0.312 e. The molecule has 0 radical (unpaired) electrons. The number of aliphatic hydroxyl groups excluding tert-OH is 1. The summed E-state index contributed by atoms with van der Waals surface area (Å²) in [6, 6.07) is 0. The number of carbonyl (C=O) groups excluding carboxylic acids is 2. The zero-order chi connectivity index (χ0) is 28.0. The second kappa shape index (κ2) is 10.8.